The molecule has 1 atom stereocenters. The Kier molecular flexibility index (Phi) is 4.29. The molecular weight excluding hydrogens is 266 g/mol. The lowest BCUT2D eigenvalue weighted by Gasteiger charge is -2.31. The predicted octanol–water partition coefficient (Wildman–Crippen LogP) is 1.80. The first kappa shape index (κ1) is 14.6. The predicted molar refractivity (Wildman–Crippen MR) is 80.2 cm³/mol. The molecule has 1 saturated heterocycles. The molecule has 1 aromatic heterocycles. The number of carboxylic acids is 1. The summed E-state index contributed by atoms with van der Waals surface area (Å²) in [5, 5.41) is 9.23. The Bertz CT molecular complexity index is 504. The fourth-order valence-corrected chi connectivity index (χ4v) is 3.64. The van der Waals surface area contributed by atoms with Gasteiger partial charge in [-0.2, -0.15) is 0 Å². The van der Waals surface area contributed by atoms with Crippen molar-refractivity contribution in [3.8, 4) is 0 Å². The average Bonchev–Trinajstić information content (AvgIpc) is 2.90. The summed E-state index contributed by atoms with van der Waals surface area (Å²) in [5.74, 6) is 0.888. The van der Waals surface area contributed by atoms with Crippen molar-refractivity contribution >= 4 is 5.97 Å². The minimum atomic E-state index is -0.670. The standard InChI is InChI=1S/C16H25N3O2/c1-2-18-7-5-12(6-8-18)9-15-17-10-14-4-3-13(16(20)21)11-19(14)15/h10,12-13H,2-9,11H2,1H3,(H,20,21). The maximum Gasteiger partial charge on any atom is 0.308 e. The molecule has 3 heterocycles. The van der Waals surface area contributed by atoms with Crippen molar-refractivity contribution in [1.29, 1.82) is 0 Å². The molecule has 0 amide bonds. The van der Waals surface area contributed by atoms with Crippen LogP contribution in [0.5, 0.6) is 0 Å². The summed E-state index contributed by atoms with van der Waals surface area (Å²) >= 11 is 0. The molecule has 5 heteroatoms. The van der Waals surface area contributed by atoms with Crippen LogP contribution in [-0.2, 0) is 24.2 Å². The third-order valence-corrected chi connectivity index (χ3v) is 5.15. The van der Waals surface area contributed by atoms with E-state index in [-0.39, 0.29) is 5.92 Å². The van der Waals surface area contributed by atoms with Crippen molar-refractivity contribution < 1.29 is 9.90 Å². The molecule has 0 spiro atoms. The van der Waals surface area contributed by atoms with Crippen LogP contribution in [0.25, 0.3) is 0 Å². The largest absolute Gasteiger partial charge is 0.481 e. The van der Waals surface area contributed by atoms with E-state index in [9.17, 15) is 9.90 Å². The fourth-order valence-electron chi connectivity index (χ4n) is 3.64. The molecule has 5 nitrogen and oxygen atoms in total. The highest BCUT2D eigenvalue weighted by molar-refractivity contribution is 5.70. The molecule has 3 rings (SSSR count). The van der Waals surface area contributed by atoms with Gasteiger partial charge in [-0.1, -0.05) is 6.92 Å². The summed E-state index contributed by atoms with van der Waals surface area (Å²) in [6, 6.07) is 0. The Morgan fingerprint density at radius 3 is 2.81 bits per heavy atom. The first-order valence-corrected chi connectivity index (χ1v) is 8.15. The van der Waals surface area contributed by atoms with Gasteiger partial charge in [0.25, 0.3) is 0 Å². The molecule has 1 fully saturated rings. The number of aromatic nitrogens is 2. The zero-order valence-electron chi connectivity index (χ0n) is 12.8. The number of aliphatic carboxylic acids is 1. The van der Waals surface area contributed by atoms with Gasteiger partial charge in [0, 0.05) is 24.9 Å². The van der Waals surface area contributed by atoms with Crippen LogP contribution in [0.1, 0.15) is 37.7 Å². The lowest BCUT2D eigenvalue weighted by Crippen LogP contribution is -2.34. The van der Waals surface area contributed by atoms with Gasteiger partial charge in [-0.25, -0.2) is 4.98 Å². The van der Waals surface area contributed by atoms with E-state index in [4.69, 9.17) is 0 Å². The number of hydrogen-bond acceptors (Lipinski definition) is 3. The van der Waals surface area contributed by atoms with Crippen molar-refractivity contribution in [3.05, 3.63) is 17.7 Å². The highest BCUT2D eigenvalue weighted by Crippen LogP contribution is 2.26. The van der Waals surface area contributed by atoms with E-state index in [1.165, 1.54) is 31.6 Å². The van der Waals surface area contributed by atoms with E-state index in [2.05, 4.69) is 21.4 Å². The molecule has 0 radical (unpaired) electrons. The minimum Gasteiger partial charge on any atom is -0.481 e. The summed E-state index contributed by atoms with van der Waals surface area (Å²) in [6.07, 6.45) is 7.02. The molecule has 0 bridgehead atoms. The monoisotopic (exact) mass is 291 g/mol. The third kappa shape index (κ3) is 3.12. The van der Waals surface area contributed by atoms with E-state index in [0.717, 1.165) is 31.6 Å². The molecule has 0 saturated carbocycles. The molecule has 116 valence electrons. The van der Waals surface area contributed by atoms with Gasteiger partial charge >= 0.3 is 5.97 Å². The Morgan fingerprint density at radius 2 is 2.14 bits per heavy atom. The molecule has 21 heavy (non-hydrogen) atoms. The van der Waals surface area contributed by atoms with E-state index >= 15 is 0 Å². The Hall–Kier alpha value is -1.36. The zero-order chi connectivity index (χ0) is 14.8. The van der Waals surface area contributed by atoms with Crippen molar-refractivity contribution in [2.75, 3.05) is 19.6 Å². The lowest BCUT2D eigenvalue weighted by atomic mass is 9.92. The fraction of sp³-hybridized carbons (Fsp3) is 0.750. The van der Waals surface area contributed by atoms with Gasteiger partial charge in [0.15, 0.2) is 0 Å². The number of hydrogen-bond donors (Lipinski definition) is 1. The SMILES string of the molecule is CCN1CCC(Cc2ncc3n2CC(C(=O)O)CC3)CC1. The lowest BCUT2D eigenvalue weighted by molar-refractivity contribution is -0.142. The molecular formula is C16H25N3O2. The number of fused-ring (bicyclic) bond motifs is 1. The van der Waals surface area contributed by atoms with E-state index in [0.29, 0.717) is 12.5 Å². The van der Waals surface area contributed by atoms with Gasteiger partial charge in [-0.15, -0.1) is 0 Å². The summed E-state index contributed by atoms with van der Waals surface area (Å²) in [4.78, 5) is 18.3. The van der Waals surface area contributed by atoms with Crippen molar-refractivity contribution in [1.82, 2.24) is 14.5 Å². The van der Waals surface area contributed by atoms with Crippen molar-refractivity contribution in [2.24, 2.45) is 11.8 Å². The number of likely N-dealkylation sites (tertiary alicyclic amines) is 1. The van der Waals surface area contributed by atoms with Crippen molar-refractivity contribution in [2.45, 2.75) is 45.6 Å². The first-order valence-electron chi connectivity index (χ1n) is 8.15. The highest BCUT2D eigenvalue weighted by Gasteiger charge is 2.27. The quantitative estimate of drug-likeness (QED) is 0.919. The van der Waals surface area contributed by atoms with Crippen LogP contribution >= 0.6 is 0 Å². The van der Waals surface area contributed by atoms with Gasteiger partial charge in [0.1, 0.15) is 5.82 Å². The number of imidazole rings is 1. The van der Waals surface area contributed by atoms with Crippen LogP contribution < -0.4 is 0 Å². The molecule has 1 N–H and O–H groups in total. The van der Waals surface area contributed by atoms with Crippen LogP contribution in [0, 0.1) is 11.8 Å². The maximum absolute atomic E-state index is 11.2. The van der Waals surface area contributed by atoms with Gasteiger partial charge < -0.3 is 14.6 Å². The van der Waals surface area contributed by atoms with E-state index in [1.807, 2.05) is 6.20 Å². The van der Waals surface area contributed by atoms with Gasteiger partial charge in [-0.3, -0.25) is 4.79 Å². The van der Waals surface area contributed by atoms with Gasteiger partial charge in [-0.05, 0) is 51.2 Å². The summed E-state index contributed by atoms with van der Waals surface area (Å²) in [7, 11) is 0. The molecule has 1 unspecified atom stereocenters. The number of carboxylic acid groups (broad SMARTS) is 1. The molecule has 0 aromatic carbocycles. The summed E-state index contributed by atoms with van der Waals surface area (Å²) in [5.41, 5.74) is 1.22. The smallest absolute Gasteiger partial charge is 0.308 e. The van der Waals surface area contributed by atoms with E-state index < -0.39 is 5.97 Å². The summed E-state index contributed by atoms with van der Waals surface area (Å²) < 4.78 is 2.18. The van der Waals surface area contributed by atoms with Crippen LogP contribution in [0.15, 0.2) is 6.20 Å². The number of carbonyl (C=O) groups is 1. The topological polar surface area (TPSA) is 58.4 Å². The van der Waals surface area contributed by atoms with Crippen LogP contribution in [0.3, 0.4) is 0 Å². The molecule has 1 aromatic rings. The molecule has 2 aliphatic rings. The Labute approximate surface area is 126 Å². The second-order valence-corrected chi connectivity index (χ2v) is 6.43. The summed E-state index contributed by atoms with van der Waals surface area (Å²) in [6.45, 7) is 6.34. The first-order chi connectivity index (χ1) is 10.2. The highest BCUT2D eigenvalue weighted by atomic mass is 16.4. The third-order valence-electron chi connectivity index (χ3n) is 5.15. The van der Waals surface area contributed by atoms with Crippen molar-refractivity contribution in [3.63, 3.8) is 0 Å². The molecule has 0 aliphatic carbocycles. The zero-order valence-corrected chi connectivity index (χ0v) is 12.8. The normalized spacial score (nSPS) is 24.0. The number of piperidine rings is 1. The van der Waals surface area contributed by atoms with Gasteiger partial charge in [0.2, 0.25) is 0 Å². The van der Waals surface area contributed by atoms with Gasteiger partial charge in [0.05, 0.1) is 5.92 Å². The van der Waals surface area contributed by atoms with Crippen LogP contribution in [-0.4, -0.2) is 45.2 Å². The second kappa shape index (κ2) is 6.18. The Balaban J connectivity index is 1.65. The molecule has 2 aliphatic heterocycles. The Morgan fingerprint density at radius 1 is 1.38 bits per heavy atom. The number of nitrogens with zero attached hydrogens (tertiary/aromatic N) is 3. The second-order valence-electron chi connectivity index (χ2n) is 6.43. The number of aryl methyl sites for hydroxylation is 1. The minimum absolute atomic E-state index is 0.243. The van der Waals surface area contributed by atoms with Crippen LogP contribution in [0.4, 0.5) is 0 Å². The maximum atomic E-state index is 11.2. The average molecular weight is 291 g/mol. The number of rotatable bonds is 4. The van der Waals surface area contributed by atoms with E-state index in [1.54, 1.807) is 0 Å². The van der Waals surface area contributed by atoms with Crippen LogP contribution in [0.2, 0.25) is 0 Å².